The molecule has 2 saturated heterocycles. The summed E-state index contributed by atoms with van der Waals surface area (Å²) in [7, 11) is 0. The van der Waals surface area contributed by atoms with Gasteiger partial charge in [0.2, 0.25) is 0 Å². The van der Waals surface area contributed by atoms with Crippen molar-refractivity contribution >= 4 is 0 Å². The maximum atomic E-state index is 3.98. The molecule has 0 aromatic rings. The number of hydrogen-bond acceptors (Lipinski definition) is 3. The van der Waals surface area contributed by atoms with E-state index in [4.69, 9.17) is 0 Å². The van der Waals surface area contributed by atoms with Gasteiger partial charge in [0.15, 0.2) is 0 Å². The standard InChI is InChI=1S/C12H19N3/c1-11(14-9-13-10-14)5-6-12(2,3)15-7-4-8-15/h13H,1,4,7-10H2,2-3H3. The first-order chi connectivity index (χ1) is 7.09. The van der Waals surface area contributed by atoms with Crippen molar-refractivity contribution in [2.75, 3.05) is 26.4 Å². The normalized spacial score (nSPS) is 21.1. The van der Waals surface area contributed by atoms with Gasteiger partial charge in [0, 0.05) is 13.1 Å². The van der Waals surface area contributed by atoms with E-state index in [0.29, 0.717) is 0 Å². The van der Waals surface area contributed by atoms with E-state index in [0.717, 1.165) is 19.0 Å². The molecular weight excluding hydrogens is 186 g/mol. The van der Waals surface area contributed by atoms with Gasteiger partial charge in [0.25, 0.3) is 0 Å². The second kappa shape index (κ2) is 3.88. The number of hydrogen-bond donors (Lipinski definition) is 1. The number of nitrogens with zero attached hydrogens (tertiary/aromatic N) is 2. The van der Waals surface area contributed by atoms with Gasteiger partial charge in [0.05, 0.1) is 24.6 Å². The fourth-order valence-electron chi connectivity index (χ4n) is 1.67. The molecule has 0 bridgehead atoms. The molecule has 0 unspecified atom stereocenters. The van der Waals surface area contributed by atoms with Gasteiger partial charge in [-0.05, 0) is 26.2 Å². The van der Waals surface area contributed by atoms with Crippen LogP contribution in [-0.2, 0) is 0 Å². The number of nitrogens with one attached hydrogen (secondary N) is 1. The van der Waals surface area contributed by atoms with Gasteiger partial charge in [-0.25, -0.2) is 0 Å². The molecule has 3 nitrogen and oxygen atoms in total. The zero-order chi connectivity index (χ0) is 10.9. The van der Waals surface area contributed by atoms with Crippen LogP contribution in [0.15, 0.2) is 12.3 Å². The molecular formula is C12H19N3. The predicted octanol–water partition coefficient (Wildman–Crippen LogP) is 0.808. The lowest BCUT2D eigenvalue weighted by Gasteiger charge is -2.41. The molecule has 0 amide bonds. The fourth-order valence-corrected chi connectivity index (χ4v) is 1.67. The molecule has 0 spiro atoms. The number of allylic oxidation sites excluding steroid dienone is 1. The van der Waals surface area contributed by atoms with E-state index in [1.807, 2.05) is 0 Å². The van der Waals surface area contributed by atoms with E-state index in [-0.39, 0.29) is 5.54 Å². The quantitative estimate of drug-likeness (QED) is 0.673. The van der Waals surface area contributed by atoms with Crippen molar-refractivity contribution in [2.45, 2.75) is 25.8 Å². The van der Waals surface area contributed by atoms with Crippen LogP contribution in [-0.4, -0.2) is 41.8 Å². The average Bonchev–Trinajstić information content (AvgIpc) is 1.93. The first-order valence-corrected chi connectivity index (χ1v) is 5.52. The molecule has 2 heterocycles. The van der Waals surface area contributed by atoms with Gasteiger partial charge in [-0.2, -0.15) is 0 Å². The third-order valence-corrected chi connectivity index (χ3v) is 3.15. The van der Waals surface area contributed by atoms with Crippen molar-refractivity contribution in [3.05, 3.63) is 12.3 Å². The molecule has 1 N–H and O–H groups in total. The maximum Gasteiger partial charge on any atom is 0.0827 e. The van der Waals surface area contributed by atoms with Gasteiger partial charge >= 0.3 is 0 Å². The molecule has 82 valence electrons. The van der Waals surface area contributed by atoms with Crippen molar-refractivity contribution in [3.63, 3.8) is 0 Å². The van der Waals surface area contributed by atoms with Gasteiger partial charge in [-0.3, -0.25) is 10.2 Å². The molecule has 15 heavy (non-hydrogen) atoms. The second-order valence-electron chi connectivity index (χ2n) is 4.70. The Bertz CT molecular complexity index is 313. The Kier molecular flexibility index (Phi) is 2.72. The molecule has 0 aromatic carbocycles. The van der Waals surface area contributed by atoms with Crippen LogP contribution in [0.3, 0.4) is 0 Å². The molecule has 0 saturated carbocycles. The minimum atomic E-state index is -0.000510. The van der Waals surface area contributed by atoms with Crippen LogP contribution in [0.25, 0.3) is 0 Å². The van der Waals surface area contributed by atoms with Crippen LogP contribution in [0, 0.1) is 11.8 Å². The molecule has 0 radical (unpaired) electrons. The first-order valence-electron chi connectivity index (χ1n) is 5.52. The fraction of sp³-hybridized carbons (Fsp3) is 0.667. The molecule has 3 heteroatoms. The van der Waals surface area contributed by atoms with E-state index < -0.39 is 0 Å². The summed E-state index contributed by atoms with van der Waals surface area (Å²) in [5.74, 6) is 6.49. The van der Waals surface area contributed by atoms with Crippen LogP contribution in [0.5, 0.6) is 0 Å². The Labute approximate surface area is 92.1 Å². The van der Waals surface area contributed by atoms with Gasteiger partial charge in [-0.15, -0.1) is 0 Å². The van der Waals surface area contributed by atoms with Crippen LogP contribution in [0.4, 0.5) is 0 Å². The highest BCUT2D eigenvalue weighted by Gasteiger charge is 2.29. The average molecular weight is 205 g/mol. The van der Waals surface area contributed by atoms with Crippen molar-refractivity contribution in [2.24, 2.45) is 0 Å². The lowest BCUT2D eigenvalue weighted by Crippen LogP contribution is -2.51. The minimum Gasteiger partial charge on any atom is -0.340 e. The van der Waals surface area contributed by atoms with Crippen molar-refractivity contribution in [1.82, 2.24) is 15.1 Å². The van der Waals surface area contributed by atoms with Crippen molar-refractivity contribution in [1.29, 1.82) is 0 Å². The highest BCUT2D eigenvalue weighted by Crippen LogP contribution is 2.20. The third kappa shape index (κ3) is 2.17. The van der Waals surface area contributed by atoms with E-state index in [1.165, 1.54) is 19.5 Å². The summed E-state index contributed by atoms with van der Waals surface area (Å²) in [5.41, 5.74) is 0.932. The smallest absolute Gasteiger partial charge is 0.0827 e. The topological polar surface area (TPSA) is 18.5 Å². The largest absolute Gasteiger partial charge is 0.340 e. The van der Waals surface area contributed by atoms with Gasteiger partial charge in [-0.1, -0.05) is 12.5 Å². The van der Waals surface area contributed by atoms with E-state index >= 15 is 0 Å². The number of likely N-dealkylation sites (tertiary alicyclic amines) is 1. The SMILES string of the molecule is C=C(C#CC(C)(C)N1CCC1)N1CNC1. The first kappa shape index (κ1) is 10.5. The lowest BCUT2D eigenvalue weighted by molar-refractivity contribution is 0.0954. The van der Waals surface area contributed by atoms with Crippen LogP contribution in [0.2, 0.25) is 0 Å². The molecule has 2 aliphatic heterocycles. The maximum absolute atomic E-state index is 3.98. The summed E-state index contributed by atoms with van der Waals surface area (Å²) in [6.45, 7) is 12.5. The highest BCUT2D eigenvalue weighted by molar-refractivity contribution is 5.30. The van der Waals surface area contributed by atoms with Crippen LogP contribution in [0.1, 0.15) is 20.3 Å². The summed E-state index contributed by atoms with van der Waals surface area (Å²) >= 11 is 0. The van der Waals surface area contributed by atoms with Gasteiger partial charge in [0.1, 0.15) is 0 Å². The van der Waals surface area contributed by atoms with Crippen LogP contribution >= 0.6 is 0 Å². The molecule has 2 aliphatic rings. The number of rotatable bonds is 2. The zero-order valence-corrected chi connectivity index (χ0v) is 9.64. The minimum absolute atomic E-state index is 0.000510. The molecule has 2 rings (SSSR count). The third-order valence-electron chi connectivity index (χ3n) is 3.15. The summed E-state index contributed by atoms with van der Waals surface area (Å²) in [4.78, 5) is 4.54. The molecule has 2 fully saturated rings. The highest BCUT2D eigenvalue weighted by atomic mass is 15.4. The Balaban J connectivity index is 1.93. The van der Waals surface area contributed by atoms with E-state index in [1.54, 1.807) is 0 Å². The Morgan fingerprint density at radius 1 is 1.33 bits per heavy atom. The van der Waals surface area contributed by atoms with Crippen molar-refractivity contribution < 1.29 is 0 Å². The van der Waals surface area contributed by atoms with Crippen molar-refractivity contribution in [3.8, 4) is 11.8 Å². The Hall–Kier alpha value is -0.980. The predicted molar refractivity (Wildman–Crippen MR) is 61.9 cm³/mol. The van der Waals surface area contributed by atoms with Gasteiger partial charge < -0.3 is 4.90 Å². The molecule has 0 aromatic heterocycles. The van der Waals surface area contributed by atoms with E-state index in [9.17, 15) is 0 Å². The van der Waals surface area contributed by atoms with E-state index in [2.05, 4.69) is 47.4 Å². The summed E-state index contributed by atoms with van der Waals surface area (Å²) in [6.07, 6.45) is 1.31. The Morgan fingerprint density at radius 2 is 2.00 bits per heavy atom. The summed E-state index contributed by atoms with van der Waals surface area (Å²) < 4.78 is 0. The summed E-state index contributed by atoms with van der Waals surface area (Å²) in [5, 5.41) is 3.17. The lowest BCUT2D eigenvalue weighted by atomic mass is 9.99. The molecule has 0 aliphatic carbocycles. The van der Waals surface area contributed by atoms with Crippen LogP contribution < -0.4 is 5.32 Å². The molecule has 0 atom stereocenters. The monoisotopic (exact) mass is 205 g/mol. The summed E-state index contributed by atoms with van der Waals surface area (Å²) in [6, 6.07) is 0. The Morgan fingerprint density at radius 3 is 2.40 bits per heavy atom. The second-order valence-corrected chi connectivity index (χ2v) is 4.70. The zero-order valence-electron chi connectivity index (χ0n) is 9.64.